The number of nitrogens with zero attached hydrogens (tertiary/aromatic N) is 1. The van der Waals surface area contributed by atoms with E-state index in [4.69, 9.17) is 4.74 Å². The molecule has 0 saturated carbocycles. The van der Waals surface area contributed by atoms with E-state index in [2.05, 4.69) is 11.4 Å². The van der Waals surface area contributed by atoms with Crippen molar-refractivity contribution in [3.8, 4) is 6.07 Å². The number of rotatable bonds is 9. The van der Waals surface area contributed by atoms with E-state index in [-0.39, 0.29) is 0 Å². The van der Waals surface area contributed by atoms with Crippen LogP contribution in [0.4, 0.5) is 0 Å². The fraction of sp³-hybridized carbons (Fsp3) is 0.533. The van der Waals surface area contributed by atoms with E-state index in [0.29, 0.717) is 0 Å². The molecule has 19 heavy (non-hydrogen) atoms. The summed E-state index contributed by atoms with van der Waals surface area (Å²) in [6, 6.07) is 12.4. The van der Waals surface area contributed by atoms with Gasteiger partial charge in [0.25, 0.3) is 0 Å². The summed E-state index contributed by atoms with van der Waals surface area (Å²) < 4.78 is 5.04. The molecule has 1 aromatic rings. The minimum Gasteiger partial charge on any atom is -0.385 e. The zero-order chi connectivity index (χ0) is 14.0. The lowest BCUT2D eigenvalue weighted by Crippen LogP contribution is -2.43. The van der Waals surface area contributed by atoms with Crippen LogP contribution in [0, 0.1) is 11.3 Å². The Labute approximate surface area is 120 Å². The van der Waals surface area contributed by atoms with Crippen LogP contribution in [0.5, 0.6) is 0 Å². The first-order chi connectivity index (χ1) is 9.29. The van der Waals surface area contributed by atoms with Gasteiger partial charge >= 0.3 is 0 Å². The highest BCUT2D eigenvalue weighted by atomic mass is 32.2. The van der Waals surface area contributed by atoms with Crippen molar-refractivity contribution in [2.45, 2.75) is 18.9 Å². The van der Waals surface area contributed by atoms with E-state index in [9.17, 15) is 5.26 Å². The minimum absolute atomic E-state index is 0.590. The van der Waals surface area contributed by atoms with Crippen LogP contribution < -0.4 is 5.32 Å². The molecule has 1 rings (SSSR count). The highest BCUT2D eigenvalue weighted by Crippen LogP contribution is 2.25. The van der Waals surface area contributed by atoms with Gasteiger partial charge in [0, 0.05) is 19.5 Å². The van der Waals surface area contributed by atoms with Crippen LogP contribution in [0.2, 0.25) is 0 Å². The van der Waals surface area contributed by atoms with Crippen LogP contribution in [0.1, 0.15) is 18.9 Å². The van der Waals surface area contributed by atoms with Gasteiger partial charge in [0.1, 0.15) is 5.54 Å². The molecule has 1 unspecified atom stereocenters. The van der Waals surface area contributed by atoms with Crippen molar-refractivity contribution in [3.05, 3.63) is 35.9 Å². The van der Waals surface area contributed by atoms with E-state index in [0.717, 1.165) is 36.6 Å². The van der Waals surface area contributed by atoms with Crippen molar-refractivity contribution in [1.82, 2.24) is 5.32 Å². The van der Waals surface area contributed by atoms with Crippen molar-refractivity contribution < 1.29 is 4.74 Å². The Bertz CT molecular complexity index is 391. The van der Waals surface area contributed by atoms with Gasteiger partial charge in [0.05, 0.1) is 6.07 Å². The van der Waals surface area contributed by atoms with Gasteiger partial charge in [0.15, 0.2) is 0 Å². The number of hydrogen-bond donors (Lipinski definition) is 1. The number of nitrogens with one attached hydrogen (secondary N) is 1. The second-order valence-electron chi connectivity index (χ2n) is 4.31. The summed E-state index contributed by atoms with van der Waals surface area (Å²) in [6.45, 7) is 3.59. The number of hydrogen-bond acceptors (Lipinski definition) is 4. The molecule has 1 atom stereocenters. The van der Waals surface area contributed by atoms with Gasteiger partial charge in [-0.1, -0.05) is 37.3 Å². The molecule has 0 fully saturated rings. The predicted molar refractivity (Wildman–Crippen MR) is 81.2 cm³/mol. The molecule has 0 amide bonds. The van der Waals surface area contributed by atoms with Gasteiger partial charge in [-0.25, -0.2) is 0 Å². The van der Waals surface area contributed by atoms with Crippen LogP contribution in [0.25, 0.3) is 0 Å². The topological polar surface area (TPSA) is 45.0 Å². The van der Waals surface area contributed by atoms with E-state index >= 15 is 0 Å². The van der Waals surface area contributed by atoms with Crippen LogP contribution in [-0.4, -0.2) is 31.8 Å². The third kappa shape index (κ3) is 4.87. The van der Waals surface area contributed by atoms with Gasteiger partial charge in [-0.05, 0) is 24.3 Å². The van der Waals surface area contributed by atoms with Crippen LogP contribution in [0.3, 0.4) is 0 Å². The molecule has 0 bridgehead atoms. The first kappa shape index (κ1) is 16.0. The van der Waals surface area contributed by atoms with Gasteiger partial charge in [0.2, 0.25) is 0 Å². The second kappa shape index (κ2) is 8.98. The molecule has 1 N–H and O–H groups in total. The maximum atomic E-state index is 9.61. The third-order valence-corrected chi connectivity index (χ3v) is 4.11. The maximum absolute atomic E-state index is 9.61. The smallest absolute Gasteiger partial charge is 0.141 e. The summed E-state index contributed by atoms with van der Waals surface area (Å²) in [4.78, 5) is 0. The van der Waals surface area contributed by atoms with E-state index in [1.54, 1.807) is 18.9 Å². The molecule has 0 spiro atoms. The van der Waals surface area contributed by atoms with Gasteiger partial charge in [-0.2, -0.15) is 17.0 Å². The molecule has 0 radical (unpaired) electrons. The van der Waals surface area contributed by atoms with Crippen LogP contribution in [-0.2, 0) is 10.3 Å². The molecule has 0 aromatic heterocycles. The van der Waals surface area contributed by atoms with Crippen molar-refractivity contribution in [3.63, 3.8) is 0 Å². The van der Waals surface area contributed by atoms with Gasteiger partial charge in [-0.15, -0.1) is 0 Å². The van der Waals surface area contributed by atoms with E-state index in [1.165, 1.54) is 0 Å². The predicted octanol–water partition coefficient (Wildman–Crippen LogP) is 2.78. The highest BCUT2D eigenvalue weighted by Gasteiger charge is 2.30. The first-order valence-corrected chi connectivity index (χ1v) is 7.73. The largest absolute Gasteiger partial charge is 0.385 e. The van der Waals surface area contributed by atoms with Crippen molar-refractivity contribution in [1.29, 1.82) is 5.26 Å². The summed E-state index contributed by atoms with van der Waals surface area (Å²) in [5, 5.41) is 13.0. The molecule has 0 aliphatic rings. The molecule has 0 aliphatic carbocycles. The summed E-state index contributed by atoms with van der Waals surface area (Å²) in [5.41, 5.74) is 0.451. The summed E-state index contributed by atoms with van der Waals surface area (Å²) in [5.74, 6) is 1.76. The van der Waals surface area contributed by atoms with Crippen molar-refractivity contribution >= 4 is 11.8 Å². The fourth-order valence-electron chi connectivity index (χ4n) is 1.93. The first-order valence-electron chi connectivity index (χ1n) is 6.57. The Kier molecular flexibility index (Phi) is 7.57. The SMILES string of the molecule is CCNC(C#N)(CSCCCOC)c1ccccc1. The molecular weight excluding hydrogens is 256 g/mol. The number of benzene rings is 1. The molecule has 0 aliphatic heterocycles. The Morgan fingerprint density at radius 2 is 2.11 bits per heavy atom. The van der Waals surface area contributed by atoms with Crippen molar-refractivity contribution in [2.75, 3.05) is 31.8 Å². The normalized spacial score (nSPS) is 13.7. The van der Waals surface area contributed by atoms with Crippen LogP contribution >= 0.6 is 11.8 Å². The van der Waals surface area contributed by atoms with Gasteiger partial charge in [-0.3, -0.25) is 5.32 Å². The lowest BCUT2D eigenvalue weighted by molar-refractivity contribution is 0.200. The maximum Gasteiger partial charge on any atom is 0.141 e. The average Bonchev–Trinajstić information content (AvgIpc) is 2.47. The Morgan fingerprint density at radius 3 is 2.68 bits per heavy atom. The van der Waals surface area contributed by atoms with Crippen molar-refractivity contribution in [2.24, 2.45) is 0 Å². The Hall–Kier alpha value is -1.02. The average molecular weight is 278 g/mol. The van der Waals surface area contributed by atoms with Crippen LogP contribution in [0.15, 0.2) is 30.3 Å². The van der Waals surface area contributed by atoms with E-state index in [1.807, 2.05) is 37.3 Å². The number of ether oxygens (including phenoxy) is 1. The fourth-order valence-corrected chi connectivity index (χ4v) is 3.03. The molecule has 4 heteroatoms. The van der Waals surface area contributed by atoms with E-state index < -0.39 is 5.54 Å². The molecule has 0 heterocycles. The summed E-state index contributed by atoms with van der Waals surface area (Å²) in [6.07, 6.45) is 1.02. The number of thioether (sulfide) groups is 1. The van der Waals surface area contributed by atoms with Gasteiger partial charge < -0.3 is 4.74 Å². The molecular formula is C15H22N2OS. The zero-order valence-electron chi connectivity index (χ0n) is 11.7. The standard InChI is InChI=1S/C15H22N2OS/c1-3-17-15(12-16,13-19-11-7-10-18-2)14-8-5-4-6-9-14/h4-6,8-9,17H,3,7,10-11,13H2,1-2H3. The lowest BCUT2D eigenvalue weighted by atomic mass is 9.93. The lowest BCUT2D eigenvalue weighted by Gasteiger charge is -2.27. The molecule has 3 nitrogen and oxygen atoms in total. The molecule has 0 saturated heterocycles. The minimum atomic E-state index is -0.590. The highest BCUT2D eigenvalue weighted by molar-refractivity contribution is 7.99. The second-order valence-corrected chi connectivity index (χ2v) is 5.42. The Balaban J connectivity index is 2.68. The summed E-state index contributed by atoms with van der Waals surface area (Å²) in [7, 11) is 1.72. The summed E-state index contributed by atoms with van der Waals surface area (Å²) >= 11 is 1.79. The molecule has 1 aromatic carbocycles. The number of nitriles is 1. The quantitative estimate of drug-likeness (QED) is 0.706. The monoisotopic (exact) mass is 278 g/mol. The Morgan fingerprint density at radius 1 is 1.37 bits per heavy atom. The number of methoxy groups -OCH3 is 1. The third-order valence-electron chi connectivity index (χ3n) is 2.89. The zero-order valence-corrected chi connectivity index (χ0v) is 12.5. The molecule has 104 valence electrons.